The van der Waals surface area contributed by atoms with Gasteiger partial charge in [0.1, 0.15) is 0 Å². The molecule has 15 heavy (non-hydrogen) atoms. The van der Waals surface area contributed by atoms with Gasteiger partial charge in [-0.3, -0.25) is 0 Å². The van der Waals surface area contributed by atoms with Crippen molar-refractivity contribution in [1.82, 2.24) is 0 Å². The van der Waals surface area contributed by atoms with E-state index in [1.54, 1.807) is 0 Å². The third-order valence-corrected chi connectivity index (χ3v) is 3.40. The fraction of sp³-hybridized carbons (Fsp3) is 1.00. The Morgan fingerprint density at radius 2 is 1.53 bits per heavy atom. The van der Waals surface area contributed by atoms with Gasteiger partial charge in [-0.2, -0.15) is 0 Å². The molecular formula is C15H32. The Hall–Kier alpha value is 0. The third-order valence-electron chi connectivity index (χ3n) is 3.40. The van der Waals surface area contributed by atoms with Crippen LogP contribution in [0.4, 0.5) is 0 Å². The maximum Gasteiger partial charge on any atom is -0.0414 e. The van der Waals surface area contributed by atoms with E-state index in [2.05, 4.69) is 34.6 Å². The van der Waals surface area contributed by atoms with Crippen LogP contribution in [0.1, 0.15) is 79.6 Å². The number of rotatable bonds is 9. The molecule has 0 heterocycles. The van der Waals surface area contributed by atoms with Crippen LogP contribution < -0.4 is 0 Å². The minimum Gasteiger partial charge on any atom is -0.0654 e. The predicted molar refractivity (Wildman–Crippen MR) is 71.2 cm³/mol. The van der Waals surface area contributed by atoms with Gasteiger partial charge in [0.15, 0.2) is 0 Å². The van der Waals surface area contributed by atoms with E-state index in [0.717, 1.165) is 17.8 Å². The van der Waals surface area contributed by atoms with Gasteiger partial charge in [-0.05, 0) is 30.6 Å². The maximum absolute atomic E-state index is 2.43. The average Bonchev–Trinajstić information content (AvgIpc) is 2.15. The molecule has 0 aromatic rings. The van der Waals surface area contributed by atoms with Crippen molar-refractivity contribution in [3.63, 3.8) is 0 Å². The van der Waals surface area contributed by atoms with Gasteiger partial charge in [-0.25, -0.2) is 0 Å². The highest BCUT2D eigenvalue weighted by molar-refractivity contribution is 4.64. The highest BCUT2D eigenvalue weighted by Crippen LogP contribution is 2.25. The maximum atomic E-state index is 2.43. The number of hydrogen-bond acceptors (Lipinski definition) is 0. The van der Waals surface area contributed by atoms with Crippen LogP contribution in [0.2, 0.25) is 0 Å². The van der Waals surface area contributed by atoms with E-state index >= 15 is 0 Å². The van der Waals surface area contributed by atoms with Crippen LogP contribution in [-0.4, -0.2) is 0 Å². The molecule has 0 nitrogen and oxygen atoms in total. The van der Waals surface area contributed by atoms with Crippen molar-refractivity contribution in [2.24, 2.45) is 17.8 Å². The Kier molecular flexibility index (Phi) is 9.24. The van der Waals surface area contributed by atoms with Gasteiger partial charge in [0, 0.05) is 0 Å². The monoisotopic (exact) mass is 212 g/mol. The quantitative estimate of drug-likeness (QED) is 0.432. The molecule has 0 aliphatic rings. The Bertz CT molecular complexity index is 126. The first-order valence-electron chi connectivity index (χ1n) is 7.10. The SMILES string of the molecule is CCCCCC(CC)C[C@H](C)CC(C)C. The summed E-state index contributed by atoms with van der Waals surface area (Å²) in [6.45, 7) is 11.8. The van der Waals surface area contributed by atoms with Crippen molar-refractivity contribution in [2.75, 3.05) is 0 Å². The van der Waals surface area contributed by atoms with E-state index in [1.165, 1.54) is 44.9 Å². The van der Waals surface area contributed by atoms with Crippen LogP contribution in [-0.2, 0) is 0 Å². The third kappa shape index (κ3) is 8.96. The first-order valence-corrected chi connectivity index (χ1v) is 7.10. The molecule has 0 radical (unpaired) electrons. The minimum absolute atomic E-state index is 0.869. The van der Waals surface area contributed by atoms with Crippen molar-refractivity contribution in [3.05, 3.63) is 0 Å². The van der Waals surface area contributed by atoms with E-state index in [0.29, 0.717) is 0 Å². The molecule has 1 unspecified atom stereocenters. The van der Waals surface area contributed by atoms with E-state index in [4.69, 9.17) is 0 Å². The van der Waals surface area contributed by atoms with Crippen LogP contribution in [0.15, 0.2) is 0 Å². The van der Waals surface area contributed by atoms with E-state index < -0.39 is 0 Å². The van der Waals surface area contributed by atoms with Crippen LogP contribution >= 0.6 is 0 Å². The van der Waals surface area contributed by atoms with Crippen molar-refractivity contribution >= 4 is 0 Å². The second kappa shape index (κ2) is 9.24. The van der Waals surface area contributed by atoms with Crippen LogP contribution in [0.25, 0.3) is 0 Å². The zero-order valence-electron chi connectivity index (χ0n) is 11.7. The van der Waals surface area contributed by atoms with Crippen molar-refractivity contribution in [1.29, 1.82) is 0 Å². The molecule has 0 bridgehead atoms. The first kappa shape index (κ1) is 15.0. The van der Waals surface area contributed by atoms with Gasteiger partial charge in [0.05, 0.1) is 0 Å². The average molecular weight is 212 g/mol. The van der Waals surface area contributed by atoms with Gasteiger partial charge in [-0.1, -0.05) is 66.7 Å². The molecule has 92 valence electrons. The minimum atomic E-state index is 0.869. The molecule has 0 saturated carbocycles. The molecule has 0 rings (SSSR count). The van der Waals surface area contributed by atoms with Gasteiger partial charge in [0.25, 0.3) is 0 Å². The molecule has 0 fully saturated rings. The van der Waals surface area contributed by atoms with E-state index in [-0.39, 0.29) is 0 Å². The Balaban J connectivity index is 3.67. The molecule has 0 aromatic heterocycles. The molecule has 0 N–H and O–H groups in total. The van der Waals surface area contributed by atoms with Gasteiger partial charge in [-0.15, -0.1) is 0 Å². The van der Waals surface area contributed by atoms with Crippen molar-refractivity contribution < 1.29 is 0 Å². The lowest BCUT2D eigenvalue weighted by molar-refractivity contribution is 0.314. The molecule has 0 saturated heterocycles. The van der Waals surface area contributed by atoms with Crippen molar-refractivity contribution in [2.45, 2.75) is 79.6 Å². The topological polar surface area (TPSA) is 0 Å². The van der Waals surface area contributed by atoms with Crippen molar-refractivity contribution in [3.8, 4) is 0 Å². The molecule has 0 heteroatoms. The van der Waals surface area contributed by atoms with Crippen LogP contribution in [0.3, 0.4) is 0 Å². The Morgan fingerprint density at radius 1 is 0.867 bits per heavy atom. The standard InChI is InChI=1S/C15H32/c1-6-8-9-10-15(7-2)12-14(5)11-13(3)4/h13-15H,6-12H2,1-5H3/t14-,15?/m1/s1. The van der Waals surface area contributed by atoms with E-state index in [1.807, 2.05) is 0 Å². The fourth-order valence-corrected chi connectivity index (χ4v) is 2.64. The lowest BCUT2D eigenvalue weighted by atomic mass is 9.85. The summed E-state index contributed by atoms with van der Waals surface area (Å²) in [6.07, 6.45) is 9.94. The zero-order valence-corrected chi connectivity index (χ0v) is 11.7. The summed E-state index contributed by atoms with van der Waals surface area (Å²) in [5.41, 5.74) is 0. The van der Waals surface area contributed by atoms with Gasteiger partial charge < -0.3 is 0 Å². The first-order chi connectivity index (χ1) is 7.10. The largest absolute Gasteiger partial charge is 0.0654 e. The van der Waals surface area contributed by atoms with Crippen LogP contribution in [0.5, 0.6) is 0 Å². The highest BCUT2D eigenvalue weighted by Gasteiger charge is 2.12. The summed E-state index contributed by atoms with van der Waals surface area (Å²) in [5.74, 6) is 2.79. The lowest BCUT2D eigenvalue weighted by Crippen LogP contribution is -2.08. The smallest absolute Gasteiger partial charge is 0.0414 e. The van der Waals surface area contributed by atoms with Gasteiger partial charge >= 0.3 is 0 Å². The molecule has 0 aromatic carbocycles. The predicted octanol–water partition coefficient (Wildman–Crippen LogP) is 5.67. The summed E-state index contributed by atoms with van der Waals surface area (Å²) >= 11 is 0. The second-order valence-corrected chi connectivity index (χ2v) is 5.74. The summed E-state index contributed by atoms with van der Waals surface area (Å²) < 4.78 is 0. The summed E-state index contributed by atoms with van der Waals surface area (Å²) in [5, 5.41) is 0. The van der Waals surface area contributed by atoms with E-state index in [9.17, 15) is 0 Å². The molecule has 2 atom stereocenters. The molecule has 0 amide bonds. The second-order valence-electron chi connectivity index (χ2n) is 5.74. The van der Waals surface area contributed by atoms with Gasteiger partial charge in [0.2, 0.25) is 0 Å². The molecule has 0 aliphatic carbocycles. The molecule has 0 spiro atoms. The fourth-order valence-electron chi connectivity index (χ4n) is 2.64. The number of hydrogen-bond donors (Lipinski definition) is 0. The summed E-state index contributed by atoms with van der Waals surface area (Å²) in [7, 11) is 0. The summed E-state index contributed by atoms with van der Waals surface area (Å²) in [4.78, 5) is 0. The molecule has 0 aliphatic heterocycles. The Morgan fingerprint density at radius 3 is 2.00 bits per heavy atom. The summed E-state index contributed by atoms with van der Waals surface area (Å²) in [6, 6.07) is 0. The van der Waals surface area contributed by atoms with Crippen LogP contribution in [0, 0.1) is 17.8 Å². The zero-order chi connectivity index (χ0) is 11.7. The highest BCUT2D eigenvalue weighted by atomic mass is 14.2. The number of unbranched alkanes of at least 4 members (excludes halogenated alkanes) is 2. The Labute approximate surface area is 97.8 Å². The lowest BCUT2D eigenvalue weighted by Gasteiger charge is -2.21. The normalized spacial score (nSPS) is 15.6. The molecular weight excluding hydrogens is 180 g/mol.